The zero-order chi connectivity index (χ0) is 9.10. The summed E-state index contributed by atoms with van der Waals surface area (Å²) >= 11 is 0. The molecular weight excluding hydrogens is 162 g/mol. The number of aromatic nitrogens is 2. The van der Waals surface area contributed by atoms with E-state index in [0.717, 1.165) is 0 Å². The lowest BCUT2D eigenvalue weighted by molar-refractivity contribution is 0.477. The number of hydrogen-bond acceptors (Lipinski definition) is 2. The summed E-state index contributed by atoms with van der Waals surface area (Å²) in [4.78, 5) is 4.18. The predicted octanol–water partition coefficient (Wildman–Crippen LogP) is 0.943. The molecule has 1 aromatic rings. The minimum absolute atomic E-state index is 0.112. The standard InChI is InChI=1S/C10H15N3/c1-13-7-12-6-8(13)9(2-3-9)10(11)4-5-10/h6-7H,2-5,11H2,1H3. The van der Waals surface area contributed by atoms with Crippen molar-refractivity contribution in [3.8, 4) is 0 Å². The zero-order valence-corrected chi connectivity index (χ0v) is 7.95. The molecule has 2 aliphatic carbocycles. The number of imidazole rings is 1. The fourth-order valence-electron chi connectivity index (χ4n) is 2.57. The lowest BCUT2D eigenvalue weighted by Crippen LogP contribution is -2.38. The van der Waals surface area contributed by atoms with Gasteiger partial charge in [0.15, 0.2) is 0 Å². The summed E-state index contributed by atoms with van der Waals surface area (Å²) in [6, 6.07) is 0. The smallest absolute Gasteiger partial charge is 0.0945 e. The molecule has 13 heavy (non-hydrogen) atoms. The highest BCUT2D eigenvalue weighted by Gasteiger charge is 2.65. The van der Waals surface area contributed by atoms with Crippen molar-refractivity contribution in [3.05, 3.63) is 18.2 Å². The Morgan fingerprint density at radius 1 is 1.38 bits per heavy atom. The monoisotopic (exact) mass is 177 g/mol. The van der Waals surface area contributed by atoms with Crippen LogP contribution in [0.4, 0.5) is 0 Å². The van der Waals surface area contributed by atoms with Gasteiger partial charge >= 0.3 is 0 Å². The first-order valence-corrected chi connectivity index (χ1v) is 4.94. The summed E-state index contributed by atoms with van der Waals surface area (Å²) in [5.41, 5.74) is 8.05. The maximum Gasteiger partial charge on any atom is 0.0945 e. The molecule has 0 unspecified atom stereocenters. The van der Waals surface area contributed by atoms with E-state index < -0.39 is 0 Å². The highest BCUT2D eigenvalue weighted by molar-refractivity contribution is 5.36. The van der Waals surface area contributed by atoms with Gasteiger partial charge in [-0.2, -0.15) is 0 Å². The third-order valence-electron chi connectivity index (χ3n) is 3.80. The fourth-order valence-corrected chi connectivity index (χ4v) is 2.57. The van der Waals surface area contributed by atoms with Gasteiger partial charge in [-0.3, -0.25) is 0 Å². The minimum atomic E-state index is 0.112. The van der Waals surface area contributed by atoms with Gasteiger partial charge in [0, 0.05) is 29.9 Å². The van der Waals surface area contributed by atoms with Crippen LogP contribution in [0, 0.1) is 0 Å². The molecule has 3 heteroatoms. The predicted molar refractivity (Wildman–Crippen MR) is 50.3 cm³/mol. The van der Waals surface area contributed by atoms with Gasteiger partial charge in [-0.05, 0) is 25.7 Å². The fraction of sp³-hybridized carbons (Fsp3) is 0.700. The van der Waals surface area contributed by atoms with E-state index >= 15 is 0 Å². The van der Waals surface area contributed by atoms with Gasteiger partial charge in [-0.25, -0.2) is 4.98 Å². The van der Waals surface area contributed by atoms with Crippen LogP contribution in [0.15, 0.2) is 12.5 Å². The van der Waals surface area contributed by atoms with Gasteiger partial charge in [0.25, 0.3) is 0 Å². The second-order valence-corrected chi connectivity index (χ2v) is 4.63. The molecule has 0 atom stereocenters. The van der Waals surface area contributed by atoms with Gasteiger partial charge in [-0.15, -0.1) is 0 Å². The molecule has 1 aromatic heterocycles. The zero-order valence-electron chi connectivity index (χ0n) is 7.95. The molecule has 2 saturated carbocycles. The molecule has 0 bridgehead atoms. The van der Waals surface area contributed by atoms with E-state index in [9.17, 15) is 0 Å². The van der Waals surface area contributed by atoms with Crippen molar-refractivity contribution in [2.75, 3.05) is 0 Å². The normalized spacial score (nSPS) is 27.2. The summed E-state index contributed by atoms with van der Waals surface area (Å²) in [7, 11) is 2.06. The van der Waals surface area contributed by atoms with Crippen LogP contribution in [0.2, 0.25) is 0 Å². The summed E-state index contributed by atoms with van der Waals surface area (Å²) in [6.07, 6.45) is 8.75. The molecular formula is C10H15N3. The Bertz CT molecular complexity index is 345. The van der Waals surface area contributed by atoms with E-state index in [0.29, 0.717) is 0 Å². The summed E-state index contributed by atoms with van der Waals surface area (Å²) in [5.74, 6) is 0. The quantitative estimate of drug-likeness (QED) is 0.730. The molecule has 0 spiro atoms. The Morgan fingerprint density at radius 2 is 2.08 bits per heavy atom. The largest absolute Gasteiger partial charge is 0.337 e. The topological polar surface area (TPSA) is 43.8 Å². The van der Waals surface area contributed by atoms with Crippen molar-refractivity contribution in [1.82, 2.24) is 9.55 Å². The van der Waals surface area contributed by atoms with E-state index in [4.69, 9.17) is 5.73 Å². The lowest BCUT2D eigenvalue weighted by Gasteiger charge is -2.22. The van der Waals surface area contributed by atoms with Gasteiger partial charge in [-0.1, -0.05) is 0 Å². The summed E-state index contributed by atoms with van der Waals surface area (Å²) in [6.45, 7) is 0. The van der Waals surface area contributed by atoms with Crippen LogP contribution in [0.3, 0.4) is 0 Å². The van der Waals surface area contributed by atoms with Gasteiger partial charge in [0.1, 0.15) is 0 Å². The Morgan fingerprint density at radius 3 is 2.46 bits per heavy atom. The highest BCUT2D eigenvalue weighted by atomic mass is 15.1. The molecule has 3 nitrogen and oxygen atoms in total. The van der Waals surface area contributed by atoms with Crippen molar-refractivity contribution in [2.45, 2.75) is 36.6 Å². The molecule has 0 saturated heterocycles. The van der Waals surface area contributed by atoms with E-state index in [-0.39, 0.29) is 11.0 Å². The van der Waals surface area contributed by atoms with Crippen LogP contribution < -0.4 is 5.73 Å². The first kappa shape index (κ1) is 7.56. The molecule has 3 rings (SSSR count). The SMILES string of the molecule is Cn1cncc1C1(C2(N)CC2)CC1. The first-order chi connectivity index (χ1) is 6.18. The van der Waals surface area contributed by atoms with Crippen LogP contribution in [0.1, 0.15) is 31.4 Å². The number of rotatable bonds is 2. The van der Waals surface area contributed by atoms with Gasteiger partial charge < -0.3 is 10.3 Å². The van der Waals surface area contributed by atoms with Crippen LogP contribution >= 0.6 is 0 Å². The number of aryl methyl sites for hydroxylation is 1. The van der Waals surface area contributed by atoms with Crippen LogP contribution in [-0.4, -0.2) is 15.1 Å². The van der Waals surface area contributed by atoms with E-state index in [1.807, 2.05) is 12.5 Å². The van der Waals surface area contributed by atoms with Crippen molar-refractivity contribution in [3.63, 3.8) is 0 Å². The molecule has 2 aliphatic rings. The van der Waals surface area contributed by atoms with Crippen molar-refractivity contribution < 1.29 is 0 Å². The Balaban J connectivity index is 2.05. The second-order valence-electron chi connectivity index (χ2n) is 4.63. The molecule has 2 fully saturated rings. The van der Waals surface area contributed by atoms with Crippen molar-refractivity contribution >= 4 is 0 Å². The Hall–Kier alpha value is -0.830. The maximum atomic E-state index is 6.31. The molecule has 2 N–H and O–H groups in total. The van der Waals surface area contributed by atoms with Gasteiger partial charge in [0.2, 0.25) is 0 Å². The van der Waals surface area contributed by atoms with E-state index in [1.165, 1.54) is 31.4 Å². The van der Waals surface area contributed by atoms with Crippen LogP contribution in [0.5, 0.6) is 0 Å². The average molecular weight is 177 g/mol. The molecule has 0 aromatic carbocycles. The van der Waals surface area contributed by atoms with E-state index in [1.54, 1.807) is 0 Å². The molecule has 0 amide bonds. The van der Waals surface area contributed by atoms with Crippen molar-refractivity contribution in [2.24, 2.45) is 12.8 Å². The highest BCUT2D eigenvalue weighted by Crippen LogP contribution is 2.63. The summed E-state index contributed by atoms with van der Waals surface area (Å²) < 4.78 is 2.12. The number of hydrogen-bond donors (Lipinski definition) is 1. The van der Waals surface area contributed by atoms with Crippen LogP contribution in [-0.2, 0) is 12.5 Å². The third kappa shape index (κ3) is 0.804. The van der Waals surface area contributed by atoms with Crippen molar-refractivity contribution in [1.29, 1.82) is 0 Å². The molecule has 1 heterocycles. The number of nitrogens with zero attached hydrogens (tertiary/aromatic N) is 2. The van der Waals surface area contributed by atoms with Crippen LogP contribution in [0.25, 0.3) is 0 Å². The van der Waals surface area contributed by atoms with Gasteiger partial charge in [0.05, 0.1) is 6.33 Å². The second kappa shape index (κ2) is 1.98. The molecule has 0 aliphatic heterocycles. The first-order valence-electron chi connectivity index (χ1n) is 4.94. The van der Waals surface area contributed by atoms with E-state index in [2.05, 4.69) is 16.6 Å². The Labute approximate surface area is 78.0 Å². The average Bonchev–Trinajstić information content (AvgIpc) is 2.98. The molecule has 0 radical (unpaired) electrons. The Kier molecular flexibility index (Phi) is 1.15. The third-order valence-corrected chi connectivity index (χ3v) is 3.80. The number of nitrogens with two attached hydrogens (primary N) is 1. The summed E-state index contributed by atoms with van der Waals surface area (Å²) in [5, 5.41) is 0. The maximum absolute atomic E-state index is 6.31. The lowest BCUT2D eigenvalue weighted by atomic mass is 9.91. The minimum Gasteiger partial charge on any atom is -0.337 e. The molecule has 70 valence electrons.